The summed E-state index contributed by atoms with van der Waals surface area (Å²) in [4.78, 5) is 0. The van der Waals surface area contributed by atoms with Crippen molar-refractivity contribution < 1.29 is 25.8 Å². The molecule has 17 heavy (non-hydrogen) atoms. The molecular formula is C9H5F3O3S2. The molecule has 1 aromatic heterocycles. The van der Waals surface area contributed by atoms with Crippen LogP contribution in [0.15, 0.2) is 29.6 Å². The summed E-state index contributed by atoms with van der Waals surface area (Å²) in [6.07, 6.45) is 0. The molecule has 0 aliphatic carbocycles. The van der Waals surface area contributed by atoms with Crippen molar-refractivity contribution in [2.75, 3.05) is 0 Å². The molecule has 0 radical (unpaired) electrons. The number of benzene rings is 1. The van der Waals surface area contributed by atoms with Crippen molar-refractivity contribution in [3.05, 3.63) is 29.6 Å². The summed E-state index contributed by atoms with van der Waals surface area (Å²) in [6, 6.07) is 5.69. The van der Waals surface area contributed by atoms with Gasteiger partial charge in [-0.3, -0.25) is 0 Å². The van der Waals surface area contributed by atoms with Crippen LogP contribution in [0.5, 0.6) is 5.75 Å². The van der Waals surface area contributed by atoms with Gasteiger partial charge in [0.2, 0.25) is 0 Å². The highest BCUT2D eigenvalue weighted by atomic mass is 32.2. The molecule has 0 bridgehead atoms. The number of thiophene rings is 1. The van der Waals surface area contributed by atoms with Gasteiger partial charge in [0.25, 0.3) is 0 Å². The summed E-state index contributed by atoms with van der Waals surface area (Å²) in [5, 5.41) is 2.55. The number of hydrogen-bond acceptors (Lipinski definition) is 4. The van der Waals surface area contributed by atoms with Crippen LogP contribution in [0.4, 0.5) is 13.2 Å². The molecule has 1 heterocycles. The number of alkyl halides is 3. The Bertz CT molecular complexity index is 643. The maximum atomic E-state index is 12.1. The molecule has 2 aromatic rings. The monoisotopic (exact) mass is 282 g/mol. The van der Waals surface area contributed by atoms with E-state index in [1.165, 1.54) is 29.5 Å². The molecule has 0 saturated heterocycles. The molecule has 0 amide bonds. The Morgan fingerprint density at radius 1 is 1.18 bits per heavy atom. The van der Waals surface area contributed by atoms with Crippen LogP contribution < -0.4 is 4.18 Å². The van der Waals surface area contributed by atoms with Gasteiger partial charge >= 0.3 is 15.6 Å². The summed E-state index contributed by atoms with van der Waals surface area (Å²) in [6.45, 7) is 0. The second kappa shape index (κ2) is 3.88. The van der Waals surface area contributed by atoms with Gasteiger partial charge in [0.1, 0.15) is 5.75 Å². The smallest absolute Gasteiger partial charge is 0.376 e. The molecule has 2 rings (SSSR count). The summed E-state index contributed by atoms with van der Waals surface area (Å²) in [5.41, 5.74) is -5.42. The zero-order valence-electron chi connectivity index (χ0n) is 8.06. The zero-order chi connectivity index (χ0) is 12.7. The Morgan fingerprint density at radius 2 is 1.88 bits per heavy atom. The highest BCUT2D eigenvalue weighted by Crippen LogP contribution is 2.30. The standard InChI is InChI=1S/C9H5F3O3S2/c10-9(11,12)17(13,14)15-7-2-1-6-3-4-16-8(6)5-7/h1-5H. The minimum absolute atomic E-state index is 0.350. The van der Waals surface area contributed by atoms with Crippen LogP contribution in [0.25, 0.3) is 10.1 Å². The van der Waals surface area contributed by atoms with E-state index in [0.717, 1.165) is 5.39 Å². The Morgan fingerprint density at radius 3 is 2.53 bits per heavy atom. The van der Waals surface area contributed by atoms with Crippen LogP contribution in [-0.4, -0.2) is 13.9 Å². The minimum atomic E-state index is -5.60. The average Bonchev–Trinajstić information content (AvgIpc) is 2.62. The van der Waals surface area contributed by atoms with Gasteiger partial charge < -0.3 is 4.18 Å². The van der Waals surface area contributed by atoms with E-state index in [1.807, 2.05) is 0 Å². The largest absolute Gasteiger partial charge is 0.534 e. The molecule has 92 valence electrons. The molecule has 8 heteroatoms. The Kier molecular flexibility index (Phi) is 2.78. The van der Waals surface area contributed by atoms with E-state index in [0.29, 0.717) is 4.70 Å². The molecule has 3 nitrogen and oxygen atoms in total. The van der Waals surface area contributed by atoms with Crippen LogP contribution >= 0.6 is 11.3 Å². The van der Waals surface area contributed by atoms with Crippen molar-refractivity contribution >= 4 is 31.5 Å². The third kappa shape index (κ3) is 2.37. The molecule has 0 fully saturated rings. The second-order valence-electron chi connectivity index (χ2n) is 3.10. The number of rotatable bonds is 2. The molecule has 0 N–H and O–H groups in total. The van der Waals surface area contributed by atoms with Gasteiger partial charge in [0.05, 0.1) is 0 Å². The minimum Gasteiger partial charge on any atom is -0.376 e. The van der Waals surface area contributed by atoms with E-state index in [2.05, 4.69) is 4.18 Å². The first-order chi connectivity index (χ1) is 7.79. The predicted octanol–water partition coefficient (Wildman–Crippen LogP) is 3.13. The van der Waals surface area contributed by atoms with E-state index in [1.54, 1.807) is 11.4 Å². The van der Waals surface area contributed by atoms with Crippen molar-refractivity contribution in [1.82, 2.24) is 0 Å². The SMILES string of the molecule is O=S(=O)(Oc1ccc2ccsc2c1)C(F)(F)F. The van der Waals surface area contributed by atoms with Gasteiger partial charge in [0.15, 0.2) is 0 Å². The third-order valence-corrected chi connectivity index (χ3v) is 3.78. The van der Waals surface area contributed by atoms with Crippen LogP contribution in [0.1, 0.15) is 0 Å². The highest BCUT2D eigenvalue weighted by molar-refractivity contribution is 7.88. The summed E-state index contributed by atoms with van der Waals surface area (Å²) < 4.78 is 62.3. The van der Waals surface area contributed by atoms with Gasteiger partial charge in [0, 0.05) is 4.70 Å². The molecule has 0 saturated carbocycles. The van der Waals surface area contributed by atoms with Crippen molar-refractivity contribution in [2.45, 2.75) is 5.51 Å². The zero-order valence-corrected chi connectivity index (χ0v) is 9.69. The summed E-state index contributed by atoms with van der Waals surface area (Å²) in [7, 11) is -5.60. The van der Waals surface area contributed by atoms with Crippen LogP contribution in [0.3, 0.4) is 0 Å². The van der Waals surface area contributed by atoms with Crippen molar-refractivity contribution in [3.8, 4) is 5.75 Å². The molecule has 1 aromatic carbocycles. The number of fused-ring (bicyclic) bond motifs is 1. The van der Waals surface area contributed by atoms with E-state index < -0.39 is 15.6 Å². The maximum absolute atomic E-state index is 12.1. The van der Waals surface area contributed by atoms with Gasteiger partial charge in [-0.2, -0.15) is 21.6 Å². The molecule has 0 aliphatic rings. The molecule has 0 aliphatic heterocycles. The lowest BCUT2D eigenvalue weighted by atomic mass is 10.2. The van der Waals surface area contributed by atoms with Crippen LogP contribution in [0, 0.1) is 0 Å². The first kappa shape index (κ1) is 12.2. The van der Waals surface area contributed by atoms with E-state index >= 15 is 0 Å². The maximum Gasteiger partial charge on any atom is 0.534 e. The summed E-state index contributed by atoms with van der Waals surface area (Å²) >= 11 is 1.28. The first-order valence-electron chi connectivity index (χ1n) is 4.28. The van der Waals surface area contributed by atoms with Gasteiger partial charge in [-0.1, -0.05) is 0 Å². The Hall–Kier alpha value is -1.28. The van der Waals surface area contributed by atoms with Crippen LogP contribution in [-0.2, 0) is 10.1 Å². The lowest BCUT2D eigenvalue weighted by Crippen LogP contribution is -2.27. The normalized spacial score (nSPS) is 12.9. The average molecular weight is 282 g/mol. The lowest BCUT2D eigenvalue weighted by Gasteiger charge is -2.09. The second-order valence-corrected chi connectivity index (χ2v) is 5.59. The van der Waals surface area contributed by atoms with Crippen LogP contribution in [0.2, 0.25) is 0 Å². The lowest BCUT2D eigenvalue weighted by molar-refractivity contribution is -0.0500. The van der Waals surface area contributed by atoms with E-state index in [-0.39, 0.29) is 5.75 Å². The Labute approximate surface area is 98.6 Å². The topological polar surface area (TPSA) is 43.4 Å². The Balaban J connectivity index is 2.36. The molecule has 0 unspecified atom stereocenters. The molecule has 0 atom stereocenters. The molecule has 0 spiro atoms. The van der Waals surface area contributed by atoms with E-state index in [9.17, 15) is 21.6 Å². The van der Waals surface area contributed by atoms with Crippen molar-refractivity contribution in [1.29, 1.82) is 0 Å². The summed E-state index contributed by atoms with van der Waals surface area (Å²) in [5.74, 6) is -0.350. The van der Waals surface area contributed by atoms with Gasteiger partial charge in [-0.25, -0.2) is 0 Å². The predicted molar refractivity (Wildman–Crippen MR) is 57.4 cm³/mol. The van der Waals surface area contributed by atoms with E-state index in [4.69, 9.17) is 0 Å². The third-order valence-electron chi connectivity index (χ3n) is 1.92. The quantitative estimate of drug-likeness (QED) is 0.628. The fraction of sp³-hybridized carbons (Fsp3) is 0.111. The van der Waals surface area contributed by atoms with Crippen molar-refractivity contribution in [2.24, 2.45) is 0 Å². The fourth-order valence-electron chi connectivity index (χ4n) is 1.16. The highest BCUT2D eigenvalue weighted by Gasteiger charge is 2.48. The number of halogens is 3. The van der Waals surface area contributed by atoms with Crippen molar-refractivity contribution in [3.63, 3.8) is 0 Å². The molecular weight excluding hydrogens is 277 g/mol. The fourth-order valence-corrected chi connectivity index (χ4v) is 2.43. The van der Waals surface area contributed by atoms with Gasteiger partial charge in [-0.15, -0.1) is 11.3 Å². The number of hydrogen-bond donors (Lipinski definition) is 0. The first-order valence-corrected chi connectivity index (χ1v) is 6.56. The van der Waals surface area contributed by atoms with Gasteiger partial charge in [-0.05, 0) is 35.0 Å².